The Morgan fingerprint density at radius 1 is 1.44 bits per heavy atom. The molecule has 0 fully saturated rings. The highest BCUT2D eigenvalue weighted by Crippen LogP contribution is 2.06. The fraction of sp³-hybridized carbons (Fsp3) is 0.500. The number of benzene rings is 1. The van der Waals surface area contributed by atoms with E-state index < -0.39 is 0 Å². The van der Waals surface area contributed by atoms with Crippen molar-refractivity contribution in [2.24, 2.45) is 5.92 Å². The Labute approximate surface area is 107 Å². The van der Waals surface area contributed by atoms with E-state index >= 15 is 0 Å². The smallest absolute Gasteiger partial charge is 0.224 e. The van der Waals surface area contributed by atoms with Crippen LogP contribution in [-0.4, -0.2) is 23.7 Å². The molecule has 4 heteroatoms. The van der Waals surface area contributed by atoms with Gasteiger partial charge in [-0.2, -0.15) is 0 Å². The first-order valence-electron chi connectivity index (χ1n) is 6.16. The predicted octanol–water partition coefficient (Wildman–Crippen LogP) is 1.89. The molecule has 0 saturated carbocycles. The number of nitrogens with one attached hydrogen (secondary N) is 1. The second-order valence-corrected chi connectivity index (χ2v) is 4.88. The van der Waals surface area contributed by atoms with Crippen molar-refractivity contribution in [3.63, 3.8) is 0 Å². The first kappa shape index (κ1) is 14.6. The van der Waals surface area contributed by atoms with E-state index in [1.807, 2.05) is 13.8 Å². The summed E-state index contributed by atoms with van der Waals surface area (Å²) in [5.74, 6) is -0.141. The van der Waals surface area contributed by atoms with Crippen LogP contribution in [0.15, 0.2) is 24.3 Å². The van der Waals surface area contributed by atoms with Crippen LogP contribution in [0.25, 0.3) is 0 Å². The summed E-state index contributed by atoms with van der Waals surface area (Å²) in [4.78, 5) is 11.7. The SMILES string of the molecule is CC(C)CC(CO)NC(=O)Cc1cccc(F)c1. The number of aliphatic hydroxyl groups is 1. The standard InChI is InChI=1S/C14H20FNO2/c1-10(2)6-13(9-17)16-14(18)8-11-4-3-5-12(15)7-11/h3-5,7,10,13,17H,6,8-9H2,1-2H3,(H,16,18). The highest BCUT2D eigenvalue weighted by atomic mass is 19.1. The number of carbonyl (C=O) groups is 1. The Balaban J connectivity index is 2.50. The van der Waals surface area contributed by atoms with E-state index in [0.29, 0.717) is 11.5 Å². The fourth-order valence-electron chi connectivity index (χ4n) is 1.86. The van der Waals surface area contributed by atoms with Gasteiger partial charge in [-0.3, -0.25) is 4.79 Å². The van der Waals surface area contributed by atoms with Crippen LogP contribution in [-0.2, 0) is 11.2 Å². The van der Waals surface area contributed by atoms with Gasteiger partial charge in [0.1, 0.15) is 5.82 Å². The number of carbonyl (C=O) groups excluding carboxylic acids is 1. The molecule has 0 saturated heterocycles. The molecule has 1 unspecified atom stereocenters. The van der Waals surface area contributed by atoms with E-state index in [4.69, 9.17) is 5.11 Å². The van der Waals surface area contributed by atoms with E-state index in [1.165, 1.54) is 12.1 Å². The molecule has 1 aromatic rings. The van der Waals surface area contributed by atoms with Crippen molar-refractivity contribution in [2.75, 3.05) is 6.61 Å². The molecule has 0 aliphatic carbocycles. The van der Waals surface area contributed by atoms with Crippen LogP contribution in [0.2, 0.25) is 0 Å². The van der Waals surface area contributed by atoms with Gasteiger partial charge in [0.2, 0.25) is 5.91 Å². The van der Waals surface area contributed by atoms with Crippen LogP contribution >= 0.6 is 0 Å². The highest BCUT2D eigenvalue weighted by Gasteiger charge is 2.13. The zero-order valence-electron chi connectivity index (χ0n) is 10.8. The summed E-state index contributed by atoms with van der Waals surface area (Å²) in [5, 5.41) is 11.9. The predicted molar refractivity (Wildman–Crippen MR) is 68.6 cm³/mol. The lowest BCUT2D eigenvalue weighted by Gasteiger charge is -2.18. The summed E-state index contributed by atoms with van der Waals surface area (Å²) in [5.41, 5.74) is 0.633. The summed E-state index contributed by atoms with van der Waals surface area (Å²) in [7, 11) is 0. The Bertz CT molecular complexity index is 393. The van der Waals surface area contributed by atoms with Crippen molar-refractivity contribution in [1.29, 1.82) is 0 Å². The Hall–Kier alpha value is -1.42. The summed E-state index contributed by atoms with van der Waals surface area (Å²) in [6, 6.07) is 5.74. The molecule has 0 aliphatic rings. The number of halogens is 1. The minimum atomic E-state index is -0.346. The molecule has 1 rings (SSSR count). The second kappa shape index (κ2) is 7.11. The van der Waals surface area contributed by atoms with Gasteiger partial charge in [-0.1, -0.05) is 26.0 Å². The van der Waals surface area contributed by atoms with E-state index in [-0.39, 0.29) is 30.8 Å². The molecule has 1 atom stereocenters. The summed E-state index contributed by atoms with van der Waals surface area (Å²) >= 11 is 0. The molecule has 0 bridgehead atoms. The van der Waals surface area contributed by atoms with Crippen molar-refractivity contribution >= 4 is 5.91 Å². The first-order chi connectivity index (χ1) is 8.51. The Morgan fingerprint density at radius 2 is 2.17 bits per heavy atom. The van der Waals surface area contributed by atoms with Crippen LogP contribution in [0.4, 0.5) is 4.39 Å². The van der Waals surface area contributed by atoms with Crippen molar-refractivity contribution in [1.82, 2.24) is 5.32 Å². The highest BCUT2D eigenvalue weighted by molar-refractivity contribution is 5.78. The zero-order valence-corrected chi connectivity index (χ0v) is 10.8. The monoisotopic (exact) mass is 253 g/mol. The Kier molecular flexibility index (Phi) is 5.78. The van der Waals surface area contributed by atoms with Crippen molar-refractivity contribution in [3.8, 4) is 0 Å². The summed E-state index contributed by atoms with van der Waals surface area (Å²) in [6.45, 7) is 3.98. The number of amides is 1. The normalized spacial score (nSPS) is 12.5. The summed E-state index contributed by atoms with van der Waals surface area (Å²) in [6.07, 6.45) is 0.859. The van der Waals surface area contributed by atoms with Crippen LogP contribution in [0.3, 0.4) is 0 Å². The molecule has 0 aliphatic heterocycles. The molecule has 1 aromatic carbocycles. The van der Waals surface area contributed by atoms with Crippen LogP contribution < -0.4 is 5.32 Å². The largest absolute Gasteiger partial charge is 0.394 e. The minimum Gasteiger partial charge on any atom is -0.394 e. The molecule has 18 heavy (non-hydrogen) atoms. The van der Waals surface area contributed by atoms with Gasteiger partial charge >= 0.3 is 0 Å². The molecule has 3 nitrogen and oxygen atoms in total. The van der Waals surface area contributed by atoms with Gasteiger partial charge in [0.05, 0.1) is 19.1 Å². The minimum absolute atomic E-state index is 0.0763. The molecule has 2 N–H and O–H groups in total. The van der Waals surface area contributed by atoms with Crippen molar-refractivity contribution < 1.29 is 14.3 Å². The molecule has 0 radical (unpaired) electrons. The van der Waals surface area contributed by atoms with Crippen molar-refractivity contribution in [2.45, 2.75) is 32.7 Å². The zero-order chi connectivity index (χ0) is 13.5. The molecule has 0 spiro atoms. The maximum Gasteiger partial charge on any atom is 0.224 e. The van der Waals surface area contributed by atoms with Gasteiger partial charge in [0.15, 0.2) is 0 Å². The molecular formula is C14H20FNO2. The average molecular weight is 253 g/mol. The summed E-state index contributed by atoms with van der Waals surface area (Å²) < 4.78 is 12.9. The lowest BCUT2D eigenvalue weighted by Crippen LogP contribution is -2.39. The second-order valence-electron chi connectivity index (χ2n) is 4.88. The number of aliphatic hydroxyl groups excluding tert-OH is 1. The van der Waals surface area contributed by atoms with Gasteiger partial charge in [0, 0.05) is 0 Å². The molecule has 0 aromatic heterocycles. The molecule has 100 valence electrons. The quantitative estimate of drug-likeness (QED) is 0.813. The third-order valence-electron chi connectivity index (χ3n) is 2.60. The number of hydrogen-bond acceptors (Lipinski definition) is 2. The van der Waals surface area contributed by atoms with Crippen molar-refractivity contribution in [3.05, 3.63) is 35.6 Å². The molecule has 1 amide bonds. The lowest BCUT2D eigenvalue weighted by molar-refractivity contribution is -0.121. The third-order valence-corrected chi connectivity index (χ3v) is 2.60. The van der Waals surface area contributed by atoms with Crippen LogP contribution in [0.5, 0.6) is 0 Å². The Morgan fingerprint density at radius 3 is 2.72 bits per heavy atom. The van der Waals surface area contributed by atoms with Gasteiger partial charge in [-0.05, 0) is 30.0 Å². The average Bonchev–Trinajstić information content (AvgIpc) is 2.27. The van der Waals surface area contributed by atoms with Crippen LogP contribution in [0, 0.1) is 11.7 Å². The first-order valence-corrected chi connectivity index (χ1v) is 6.16. The van der Waals surface area contributed by atoms with Gasteiger partial charge in [-0.15, -0.1) is 0 Å². The molecule has 0 heterocycles. The third kappa shape index (κ3) is 5.27. The van der Waals surface area contributed by atoms with Gasteiger partial charge in [-0.25, -0.2) is 4.39 Å². The fourth-order valence-corrected chi connectivity index (χ4v) is 1.86. The van der Waals surface area contributed by atoms with E-state index in [1.54, 1.807) is 12.1 Å². The van der Waals surface area contributed by atoms with Gasteiger partial charge in [0.25, 0.3) is 0 Å². The lowest BCUT2D eigenvalue weighted by atomic mass is 10.0. The van der Waals surface area contributed by atoms with Gasteiger partial charge < -0.3 is 10.4 Å². The maximum absolute atomic E-state index is 12.9. The topological polar surface area (TPSA) is 49.3 Å². The van der Waals surface area contributed by atoms with Crippen LogP contribution in [0.1, 0.15) is 25.8 Å². The number of hydrogen-bond donors (Lipinski definition) is 2. The van der Waals surface area contributed by atoms with E-state index in [9.17, 15) is 9.18 Å². The molecular weight excluding hydrogens is 233 g/mol. The van der Waals surface area contributed by atoms with E-state index in [2.05, 4.69) is 5.32 Å². The number of rotatable bonds is 6. The maximum atomic E-state index is 12.9. The van der Waals surface area contributed by atoms with E-state index in [0.717, 1.165) is 6.42 Å².